The molecule has 2 aromatic rings. The molecule has 4 rings (SSSR count). The van der Waals surface area contributed by atoms with Gasteiger partial charge in [-0.1, -0.05) is 24.1 Å². The predicted octanol–water partition coefficient (Wildman–Crippen LogP) is 3.38. The molecule has 3 N–H and O–H groups in total. The fourth-order valence-electron chi connectivity index (χ4n) is 4.04. The highest BCUT2D eigenvalue weighted by molar-refractivity contribution is 8.00. The maximum atomic E-state index is 14.3. The molecular weight excluding hydrogens is 511 g/mol. The topological polar surface area (TPSA) is 104 Å². The molecule has 0 aromatic heterocycles. The average Bonchev–Trinajstić information content (AvgIpc) is 3.22. The summed E-state index contributed by atoms with van der Waals surface area (Å²) in [6, 6.07) is 8.52. The van der Waals surface area contributed by atoms with Crippen LogP contribution in [0, 0.1) is 11.6 Å². The van der Waals surface area contributed by atoms with Crippen LogP contribution in [0.15, 0.2) is 46.8 Å². The number of amides is 1. The Morgan fingerprint density at radius 1 is 1.22 bits per heavy atom. The molecule has 2 aliphatic rings. The number of rotatable bonds is 10. The fraction of sp³-hybridized carbons (Fsp3) is 0.360. The van der Waals surface area contributed by atoms with Crippen molar-refractivity contribution in [2.45, 2.75) is 30.9 Å². The number of benzene rings is 2. The summed E-state index contributed by atoms with van der Waals surface area (Å²) >= 11 is 1.36. The van der Waals surface area contributed by atoms with Crippen molar-refractivity contribution in [3.63, 3.8) is 0 Å². The summed E-state index contributed by atoms with van der Waals surface area (Å²) in [5.74, 6) is -2.07. The van der Waals surface area contributed by atoms with Crippen LogP contribution >= 0.6 is 11.9 Å². The molecule has 1 atom stereocenters. The lowest BCUT2D eigenvalue weighted by Crippen LogP contribution is -2.47. The highest BCUT2D eigenvalue weighted by Gasteiger charge is 2.46. The molecule has 198 valence electrons. The van der Waals surface area contributed by atoms with Gasteiger partial charge in [0.05, 0.1) is 19.3 Å². The number of aliphatic imine (C=N–C) groups is 1. The number of nitrogens with zero attached hydrogens (tertiary/aromatic N) is 2. The van der Waals surface area contributed by atoms with Crippen LogP contribution in [-0.4, -0.2) is 64.2 Å². The fourth-order valence-corrected chi connectivity index (χ4v) is 4.83. The Morgan fingerprint density at radius 2 is 1.95 bits per heavy atom. The van der Waals surface area contributed by atoms with Gasteiger partial charge >= 0.3 is 0 Å². The van der Waals surface area contributed by atoms with Gasteiger partial charge in [0.25, 0.3) is 5.91 Å². The van der Waals surface area contributed by atoms with Gasteiger partial charge in [0, 0.05) is 29.6 Å². The quantitative estimate of drug-likeness (QED) is 0.400. The number of aliphatic hydroxyl groups is 2. The molecule has 12 heteroatoms. The average molecular weight is 538 g/mol. The maximum Gasteiger partial charge on any atom is 0.253 e. The first-order valence-electron chi connectivity index (χ1n) is 11.6. The van der Waals surface area contributed by atoms with E-state index in [2.05, 4.69) is 15.3 Å². The molecule has 2 aliphatic heterocycles. The second-order valence-corrected chi connectivity index (χ2v) is 9.67. The van der Waals surface area contributed by atoms with Gasteiger partial charge < -0.3 is 20.3 Å². The molecule has 37 heavy (non-hydrogen) atoms. The zero-order chi connectivity index (χ0) is 26.4. The minimum atomic E-state index is -1.01. The van der Waals surface area contributed by atoms with E-state index in [9.17, 15) is 23.2 Å². The third kappa shape index (κ3) is 6.45. The Balaban J connectivity index is 1.31. The zero-order valence-corrected chi connectivity index (χ0v) is 20.5. The van der Waals surface area contributed by atoms with Crippen LogP contribution in [0.25, 0.3) is 6.08 Å². The summed E-state index contributed by atoms with van der Waals surface area (Å²) in [6.45, 7) is 0.518. The van der Waals surface area contributed by atoms with Gasteiger partial charge in [0.2, 0.25) is 0 Å². The second-order valence-electron chi connectivity index (χ2n) is 8.68. The number of nitrogens with one attached hydrogen (secondary N) is 1. The number of hydrogen-bond donors (Lipinski definition) is 3. The van der Waals surface area contributed by atoms with Crippen molar-refractivity contribution >= 4 is 29.8 Å². The van der Waals surface area contributed by atoms with E-state index in [1.807, 2.05) is 4.31 Å². The van der Waals surface area contributed by atoms with Gasteiger partial charge in [-0.05, 0) is 54.2 Å². The molecule has 8 nitrogen and oxygen atoms in total. The SMILES string of the molecule is O=C1NC(c2cccc(OF)c2)=NC12CCN(S/C=C/c1cc(F)c(OCCC(O)CO)c(F)c1)CC2. The summed E-state index contributed by atoms with van der Waals surface area (Å²) in [7, 11) is 0. The van der Waals surface area contributed by atoms with Gasteiger partial charge in [0.15, 0.2) is 23.1 Å². The molecule has 0 bridgehead atoms. The van der Waals surface area contributed by atoms with Gasteiger partial charge in [0.1, 0.15) is 11.4 Å². The summed E-state index contributed by atoms with van der Waals surface area (Å²) in [4.78, 5) is 21.1. The number of piperidine rings is 1. The van der Waals surface area contributed by atoms with Crippen LogP contribution in [0.2, 0.25) is 0 Å². The normalized spacial score (nSPS) is 18.2. The molecule has 2 heterocycles. The Bertz CT molecular complexity index is 1160. The van der Waals surface area contributed by atoms with Crippen molar-refractivity contribution in [1.29, 1.82) is 0 Å². The standard InChI is InChI=1S/C25H26F3N3O5S/c26-20-12-16(13-21(27)22(20)35-10-4-18(33)15-32)5-11-37-31-8-6-25(7-9-31)24(34)29-23(30-25)17-2-1-3-19(14-17)36-28/h1-3,5,11-14,18,32-33H,4,6-10,15H2,(H,29,30,34)/b11-5+. The van der Waals surface area contributed by atoms with Crippen LogP contribution in [0.3, 0.4) is 0 Å². The van der Waals surface area contributed by atoms with E-state index in [0.29, 0.717) is 42.9 Å². The third-order valence-electron chi connectivity index (χ3n) is 6.13. The highest BCUT2D eigenvalue weighted by atomic mass is 32.2. The number of aliphatic hydroxyl groups excluding tert-OH is 2. The van der Waals surface area contributed by atoms with Gasteiger partial charge in [-0.3, -0.25) is 14.7 Å². The number of carbonyl (C=O) groups excluding carboxylic acids is 1. The molecule has 1 saturated heterocycles. The molecule has 2 aromatic carbocycles. The van der Waals surface area contributed by atoms with E-state index in [0.717, 1.165) is 12.1 Å². The van der Waals surface area contributed by atoms with Crippen LogP contribution < -0.4 is 15.0 Å². The summed E-state index contributed by atoms with van der Waals surface area (Å²) < 4.78 is 48.2. The monoisotopic (exact) mass is 537 g/mol. The van der Waals surface area contributed by atoms with Gasteiger partial charge in [-0.15, -0.1) is 0 Å². The smallest absolute Gasteiger partial charge is 0.253 e. The maximum absolute atomic E-state index is 14.3. The molecule has 1 amide bonds. The summed E-state index contributed by atoms with van der Waals surface area (Å²) in [5.41, 5.74) is -0.0285. The van der Waals surface area contributed by atoms with Crippen LogP contribution in [0.1, 0.15) is 30.4 Å². The first kappa shape index (κ1) is 27.0. The van der Waals surface area contributed by atoms with Gasteiger partial charge in [-0.2, -0.15) is 0 Å². The Hall–Kier alpha value is -3.06. The number of amidine groups is 1. The van der Waals surface area contributed by atoms with Crippen molar-refractivity contribution in [2.75, 3.05) is 26.3 Å². The van der Waals surface area contributed by atoms with Crippen molar-refractivity contribution in [3.05, 3.63) is 64.6 Å². The zero-order valence-electron chi connectivity index (χ0n) is 19.7. The lowest BCUT2D eigenvalue weighted by atomic mass is 9.89. The van der Waals surface area contributed by atoms with Crippen molar-refractivity contribution in [2.24, 2.45) is 4.99 Å². The minimum Gasteiger partial charge on any atom is -0.488 e. The molecule has 1 spiro atoms. The first-order chi connectivity index (χ1) is 17.8. The number of halogens is 3. The van der Waals surface area contributed by atoms with Crippen molar-refractivity contribution in [1.82, 2.24) is 9.62 Å². The van der Waals surface area contributed by atoms with E-state index >= 15 is 0 Å². The van der Waals surface area contributed by atoms with Crippen LogP contribution in [0.5, 0.6) is 11.5 Å². The number of ether oxygens (including phenoxy) is 1. The van der Waals surface area contributed by atoms with E-state index in [4.69, 9.17) is 9.84 Å². The van der Waals surface area contributed by atoms with Crippen LogP contribution in [-0.2, 0) is 4.79 Å². The van der Waals surface area contributed by atoms with Crippen LogP contribution in [0.4, 0.5) is 13.3 Å². The largest absolute Gasteiger partial charge is 0.488 e. The van der Waals surface area contributed by atoms with E-state index < -0.39 is 35.6 Å². The first-order valence-corrected chi connectivity index (χ1v) is 12.5. The van der Waals surface area contributed by atoms with E-state index in [1.165, 1.54) is 24.1 Å². The number of hydrogen-bond acceptors (Lipinski definition) is 8. The third-order valence-corrected chi connectivity index (χ3v) is 7.05. The Morgan fingerprint density at radius 3 is 2.62 bits per heavy atom. The van der Waals surface area contributed by atoms with Gasteiger partial charge in [-0.25, -0.2) is 13.1 Å². The van der Waals surface area contributed by atoms with E-state index in [1.54, 1.807) is 23.6 Å². The Labute approximate surface area is 215 Å². The molecule has 1 unspecified atom stereocenters. The summed E-state index contributed by atoms with van der Waals surface area (Å²) in [5, 5.41) is 22.6. The summed E-state index contributed by atoms with van der Waals surface area (Å²) in [6.07, 6.45) is 1.55. The molecule has 1 fully saturated rings. The molecule has 0 radical (unpaired) electrons. The minimum absolute atomic E-state index is 0.0215. The van der Waals surface area contributed by atoms with Crippen molar-refractivity contribution < 1.29 is 38.0 Å². The molecule has 0 saturated carbocycles. The lowest BCUT2D eigenvalue weighted by molar-refractivity contribution is -0.124. The predicted molar refractivity (Wildman–Crippen MR) is 133 cm³/mol. The second kappa shape index (κ2) is 12.0. The van der Waals surface area contributed by atoms with Crippen molar-refractivity contribution in [3.8, 4) is 11.5 Å². The molecular formula is C25H26F3N3O5S. The lowest BCUT2D eigenvalue weighted by Gasteiger charge is -2.34. The molecule has 0 aliphatic carbocycles. The number of carbonyl (C=O) groups is 1. The Kier molecular flexibility index (Phi) is 8.75. The highest BCUT2D eigenvalue weighted by Crippen LogP contribution is 2.34. The van der Waals surface area contributed by atoms with E-state index in [-0.39, 0.29) is 24.7 Å².